The molecule has 0 atom stereocenters. The number of hydrogen-bond acceptors (Lipinski definition) is 6. The summed E-state index contributed by atoms with van der Waals surface area (Å²) >= 11 is 0. The third-order valence-corrected chi connectivity index (χ3v) is 5.18. The molecule has 2 aromatic carbocycles. The number of rotatable bonds is 6. The van der Waals surface area contributed by atoms with Crippen LogP contribution in [0.1, 0.15) is 18.9 Å². The van der Waals surface area contributed by atoms with Gasteiger partial charge in [-0.3, -0.25) is 0 Å². The molecule has 0 spiro atoms. The zero-order chi connectivity index (χ0) is 23.7. The fourth-order valence-electron chi connectivity index (χ4n) is 3.52. The van der Waals surface area contributed by atoms with Crippen molar-refractivity contribution in [2.75, 3.05) is 0 Å². The van der Waals surface area contributed by atoms with Crippen LogP contribution in [0.5, 0.6) is 11.6 Å². The standard InChI is InChI=1S/C24H18F3N5O2/c1-2-10-32-11-9-15-5-8-18(12-20(15)32)33-21-14-28-19(13-29-21)23-30-22(31-34-23)16-3-6-17(7-4-16)24(25,26)27/h3-9,11-14H,2,10H2,1H3. The minimum atomic E-state index is -4.41. The predicted molar refractivity (Wildman–Crippen MR) is 118 cm³/mol. The SMILES string of the molecule is CCCn1ccc2ccc(Oc3cnc(-c4nc(-c5ccc(C(F)(F)F)cc5)no4)cn3)cc21. The molecule has 172 valence electrons. The van der Waals surface area contributed by atoms with Crippen LogP contribution in [0.25, 0.3) is 33.9 Å². The number of hydrogen-bond donors (Lipinski definition) is 0. The third-order valence-electron chi connectivity index (χ3n) is 5.18. The number of aryl methyl sites for hydroxylation is 1. The maximum Gasteiger partial charge on any atom is 0.416 e. The van der Waals surface area contributed by atoms with Gasteiger partial charge in [0.05, 0.1) is 23.5 Å². The Balaban J connectivity index is 1.32. The van der Waals surface area contributed by atoms with Gasteiger partial charge in [0, 0.05) is 24.4 Å². The van der Waals surface area contributed by atoms with Gasteiger partial charge in [-0.15, -0.1) is 0 Å². The second-order valence-electron chi connectivity index (χ2n) is 7.57. The monoisotopic (exact) mass is 465 g/mol. The highest BCUT2D eigenvalue weighted by Crippen LogP contribution is 2.31. The molecule has 0 saturated carbocycles. The van der Waals surface area contributed by atoms with Crippen molar-refractivity contribution < 1.29 is 22.4 Å². The van der Waals surface area contributed by atoms with E-state index in [1.54, 1.807) is 0 Å². The fraction of sp³-hybridized carbons (Fsp3) is 0.167. The van der Waals surface area contributed by atoms with Crippen molar-refractivity contribution in [3.8, 4) is 34.6 Å². The van der Waals surface area contributed by atoms with Crippen molar-refractivity contribution >= 4 is 10.9 Å². The Morgan fingerprint density at radius 2 is 1.82 bits per heavy atom. The highest BCUT2D eigenvalue weighted by atomic mass is 19.4. The average molecular weight is 465 g/mol. The van der Waals surface area contributed by atoms with Crippen LogP contribution < -0.4 is 4.74 Å². The van der Waals surface area contributed by atoms with Gasteiger partial charge in [-0.1, -0.05) is 24.2 Å². The molecule has 34 heavy (non-hydrogen) atoms. The van der Waals surface area contributed by atoms with Crippen LogP contribution >= 0.6 is 0 Å². The molecule has 0 fully saturated rings. The zero-order valence-electron chi connectivity index (χ0n) is 18.0. The summed E-state index contributed by atoms with van der Waals surface area (Å²) in [5, 5.41) is 4.95. The highest BCUT2D eigenvalue weighted by Gasteiger charge is 2.30. The van der Waals surface area contributed by atoms with Gasteiger partial charge in [-0.2, -0.15) is 18.2 Å². The summed E-state index contributed by atoms with van der Waals surface area (Å²) < 4.78 is 51.5. The maximum absolute atomic E-state index is 12.7. The van der Waals surface area contributed by atoms with Gasteiger partial charge in [0.1, 0.15) is 11.4 Å². The number of aromatic nitrogens is 5. The van der Waals surface area contributed by atoms with E-state index in [9.17, 15) is 13.2 Å². The quantitative estimate of drug-likeness (QED) is 0.290. The van der Waals surface area contributed by atoms with Crippen LogP contribution in [0.15, 0.2) is 71.6 Å². The van der Waals surface area contributed by atoms with E-state index in [1.165, 1.54) is 24.5 Å². The number of fused-ring (bicyclic) bond motifs is 1. The van der Waals surface area contributed by atoms with E-state index in [-0.39, 0.29) is 11.7 Å². The molecule has 0 aliphatic carbocycles. The number of alkyl halides is 3. The van der Waals surface area contributed by atoms with Crippen LogP contribution in [0, 0.1) is 0 Å². The van der Waals surface area contributed by atoms with Gasteiger partial charge >= 0.3 is 6.18 Å². The minimum Gasteiger partial charge on any atom is -0.437 e. The lowest BCUT2D eigenvalue weighted by Gasteiger charge is -2.07. The van der Waals surface area contributed by atoms with Crippen molar-refractivity contribution in [3.05, 3.63) is 72.7 Å². The van der Waals surface area contributed by atoms with Crippen LogP contribution in [-0.2, 0) is 12.7 Å². The summed E-state index contributed by atoms with van der Waals surface area (Å²) in [6.45, 7) is 3.04. The van der Waals surface area contributed by atoms with Gasteiger partial charge < -0.3 is 13.8 Å². The zero-order valence-corrected chi connectivity index (χ0v) is 18.0. The normalized spacial score (nSPS) is 11.8. The molecule has 10 heteroatoms. The van der Waals surface area contributed by atoms with Gasteiger partial charge in [0.15, 0.2) is 0 Å². The van der Waals surface area contributed by atoms with E-state index in [1.807, 2.05) is 18.2 Å². The molecule has 0 saturated heterocycles. The number of nitrogens with zero attached hydrogens (tertiary/aromatic N) is 5. The molecule has 0 aliphatic rings. The molecule has 0 unspecified atom stereocenters. The number of halogens is 3. The summed E-state index contributed by atoms with van der Waals surface area (Å²) in [6, 6.07) is 12.4. The Morgan fingerprint density at radius 3 is 2.53 bits per heavy atom. The third kappa shape index (κ3) is 4.34. The lowest BCUT2D eigenvalue weighted by Crippen LogP contribution is -2.04. The second-order valence-corrected chi connectivity index (χ2v) is 7.57. The first kappa shape index (κ1) is 21.6. The predicted octanol–water partition coefficient (Wildman–Crippen LogP) is 6.37. The van der Waals surface area contributed by atoms with E-state index in [0.717, 1.165) is 36.0 Å². The van der Waals surface area contributed by atoms with E-state index in [4.69, 9.17) is 9.26 Å². The molecule has 3 aromatic heterocycles. The van der Waals surface area contributed by atoms with Crippen molar-refractivity contribution in [2.24, 2.45) is 0 Å². The van der Waals surface area contributed by atoms with Gasteiger partial charge in [-0.05, 0) is 42.1 Å². The smallest absolute Gasteiger partial charge is 0.416 e. The summed E-state index contributed by atoms with van der Waals surface area (Å²) in [5.41, 5.74) is 1.02. The minimum absolute atomic E-state index is 0.0905. The largest absolute Gasteiger partial charge is 0.437 e. The van der Waals surface area contributed by atoms with Crippen molar-refractivity contribution in [2.45, 2.75) is 26.1 Å². The topological polar surface area (TPSA) is 78.9 Å². The van der Waals surface area contributed by atoms with E-state index < -0.39 is 11.7 Å². The number of ether oxygens (including phenoxy) is 1. The summed E-state index contributed by atoms with van der Waals surface area (Å²) in [4.78, 5) is 12.7. The summed E-state index contributed by atoms with van der Waals surface area (Å²) in [7, 11) is 0. The van der Waals surface area contributed by atoms with Crippen LogP contribution in [0.4, 0.5) is 13.2 Å². The lowest BCUT2D eigenvalue weighted by atomic mass is 10.1. The molecule has 5 aromatic rings. The molecule has 3 heterocycles. The Kier molecular flexibility index (Phi) is 5.48. The first-order valence-electron chi connectivity index (χ1n) is 10.5. The molecule has 7 nitrogen and oxygen atoms in total. The van der Waals surface area contributed by atoms with Crippen molar-refractivity contribution in [1.29, 1.82) is 0 Å². The summed E-state index contributed by atoms with van der Waals surface area (Å²) in [6.07, 6.45) is 1.53. The van der Waals surface area contributed by atoms with E-state index in [0.29, 0.717) is 22.9 Å². The van der Waals surface area contributed by atoms with Gasteiger partial charge in [0.25, 0.3) is 5.89 Å². The van der Waals surface area contributed by atoms with Crippen LogP contribution in [-0.4, -0.2) is 24.7 Å². The van der Waals surface area contributed by atoms with E-state index >= 15 is 0 Å². The van der Waals surface area contributed by atoms with Gasteiger partial charge in [0.2, 0.25) is 11.7 Å². The maximum atomic E-state index is 12.7. The number of benzene rings is 2. The van der Waals surface area contributed by atoms with Crippen LogP contribution in [0.2, 0.25) is 0 Å². The second kappa shape index (κ2) is 8.62. The lowest BCUT2D eigenvalue weighted by molar-refractivity contribution is -0.137. The highest BCUT2D eigenvalue weighted by molar-refractivity contribution is 5.81. The molecule has 0 aliphatic heterocycles. The molecule has 0 radical (unpaired) electrons. The Bertz CT molecular complexity index is 1420. The van der Waals surface area contributed by atoms with Crippen molar-refractivity contribution in [1.82, 2.24) is 24.7 Å². The molecule has 0 N–H and O–H groups in total. The molecule has 5 rings (SSSR count). The fourth-order valence-corrected chi connectivity index (χ4v) is 3.52. The molecule has 0 amide bonds. The first-order chi connectivity index (χ1) is 16.4. The Morgan fingerprint density at radius 1 is 1.00 bits per heavy atom. The Labute approximate surface area is 191 Å². The first-order valence-corrected chi connectivity index (χ1v) is 10.5. The molecular formula is C24H18F3N5O2. The molecule has 0 bridgehead atoms. The average Bonchev–Trinajstić information content (AvgIpc) is 3.47. The van der Waals surface area contributed by atoms with E-state index in [2.05, 4.69) is 43.9 Å². The van der Waals surface area contributed by atoms with Gasteiger partial charge in [-0.25, -0.2) is 9.97 Å². The summed E-state index contributed by atoms with van der Waals surface area (Å²) in [5.74, 6) is 1.16. The Hall–Kier alpha value is -4.21. The van der Waals surface area contributed by atoms with Crippen molar-refractivity contribution in [3.63, 3.8) is 0 Å². The van der Waals surface area contributed by atoms with Crippen LogP contribution in [0.3, 0.4) is 0 Å². The molecular weight excluding hydrogens is 447 g/mol.